The van der Waals surface area contributed by atoms with E-state index < -0.39 is 9.84 Å². The molecule has 5 nitrogen and oxygen atoms in total. The number of nitrogens with zero attached hydrogens (tertiary/aromatic N) is 1. The molecule has 1 N–H and O–H groups in total. The highest BCUT2D eigenvalue weighted by molar-refractivity contribution is 7.90. The van der Waals surface area contributed by atoms with E-state index in [1.165, 1.54) is 12.7 Å². The van der Waals surface area contributed by atoms with E-state index in [4.69, 9.17) is 0 Å². The number of benzene rings is 1. The fraction of sp³-hybridized carbons (Fsp3) is 0.588. The van der Waals surface area contributed by atoms with Crippen LogP contribution in [0.2, 0.25) is 0 Å². The molecule has 1 aliphatic rings. The van der Waals surface area contributed by atoms with Gasteiger partial charge in [-0.25, -0.2) is 8.42 Å². The molecule has 0 unspecified atom stereocenters. The Labute approximate surface area is 139 Å². The van der Waals surface area contributed by atoms with E-state index >= 15 is 0 Å². The molecule has 1 aromatic rings. The van der Waals surface area contributed by atoms with Gasteiger partial charge in [-0.05, 0) is 50.0 Å². The average molecular weight is 338 g/mol. The van der Waals surface area contributed by atoms with Gasteiger partial charge < -0.3 is 5.32 Å². The topological polar surface area (TPSA) is 66.5 Å². The fourth-order valence-corrected chi connectivity index (χ4v) is 3.65. The molecule has 1 aromatic carbocycles. The Morgan fingerprint density at radius 1 is 1.26 bits per heavy atom. The molecule has 1 atom stereocenters. The number of amides is 1. The molecule has 1 heterocycles. The maximum absolute atomic E-state index is 12.3. The van der Waals surface area contributed by atoms with E-state index in [2.05, 4.69) is 17.1 Å². The third-order valence-corrected chi connectivity index (χ3v) is 5.52. The summed E-state index contributed by atoms with van der Waals surface area (Å²) in [6, 6.07) is 6.85. The molecule has 128 valence electrons. The van der Waals surface area contributed by atoms with Crippen LogP contribution in [0.25, 0.3) is 0 Å². The second-order valence-electron chi connectivity index (χ2n) is 6.10. The van der Waals surface area contributed by atoms with Crippen LogP contribution in [-0.2, 0) is 21.1 Å². The monoisotopic (exact) mass is 338 g/mol. The van der Waals surface area contributed by atoms with Crippen LogP contribution in [-0.4, -0.2) is 51.2 Å². The Morgan fingerprint density at radius 3 is 2.57 bits per heavy atom. The van der Waals surface area contributed by atoms with Crippen molar-refractivity contribution >= 4 is 15.7 Å². The van der Waals surface area contributed by atoms with Crippen molar-refractivity contribution in [3.63, 3.8) is 0 Å². The maximum atomic E-state index is 12.3. The SMILES string of the molecule is CCN1CCCC[C@@H]1C(=O)NCCc1ccc(S(C)(=O)=O)cc1. The molecule has 2 rings (SSSR count). The summed E-state index contributed by atoms with van der Waals surface area (Å²) in [5.74, 6) is 0.110. The summed E-state index contributed by atoms with van der Waals surface area (Å²) in [6.07, 6.45) is 5.12. The van der Waals surface area contributed by atoms with Crippen molar-refractivity contribution in [3.05, 3.63) is 29.8 Å². The van der Waals surface area contributed by atoms with Crippen molar-refractivity contribution in [2.24, 2.45) is 0 Å². The van der Waals surface area contributed by atoms with Gasteiger partial charge in [0.05, 0.1) is 10.9 Å². The van der Waals surface area contributed by atoms with Crippen molar-refractivity contribution in [3.8, 4) is 0 Å². The molecule has 23 heavy (non-hydrogen) atoms. The summed E-state index contributed by atoms with van der Waals surface area (Å²) in [4.78, 5) is 14.9. The molecule has 0 saturated carbocycles. The lowest BCUT2D eigenvalue weighted by atomic mass is 10.0. The van der Waals surface area contributed by atoms with Crippen LogP contribution in [0, 0.1) is 0 Å². The zero-order valence-electron chi connectivity index (χ0n) is 13.9. The van der Waals surface area contributed by atoms with Crippen LogP contribution >= 0.6 is 0 Å². The minimum atomic E-state index is -3.15. The largest absolute Gasteiger partial charge is 0.354 e. The number of likely N-dealkylation sites (tertiary alicyclic amines) is 1. The molecule has 0 bridgehead atoms. The maximum Gasteiger partial charge on any atom is 0.237 e. The molecule has 1 aliphatic heterocycles. The number of nitrogens with one attached hydrogen (secondary N) is 1. The number of carbonyl (C=O) groups is 1. The van der Waals surface area contributed by atoms with Crippen LogP contribution in [0.15, 0.2) is 29.2 Å². The fourth-order valence-electron chi connectivity index (χ4n) is 3.02. The number of hydrogen-bond donors (Lipinski definition) is 1. The number of piperidine rings is 1. The Balaban J connectivity index is 1.83. The van der Waals surface area contributed by atoms with Crippen molar-refractivity contribution in [1.29, 1.82) is 0 Å². The van der Waals surface area contributed by atoms with Gasteiger partial charge in [-0.3, -0.25) is 9.69 Å². The van der Waals surface area contributed by atoms with Gasteiger partial charge in [0.25, 0.3) is 0 Å². The standard InChI is InChI=1S/C17H26N2O3S/c1-3-19-13-5-4-6-16(19)17(20)18-12-11-14-7-9-15(10-8-14)23(2,21)22/h7-10,16H,3-6,11-13H2,1-2H3,(H,18,20)/t16-/m1/s1. The summed E-state index contributed by atoms with van der Waals surface area (Å²) in [5.41, 5.74) is 1.02. The second-order valence-corrected chi connectivity index (χ2v) is 8.11. The first kappa shape index (κ1) is 17.9. The van der Waals surface area contributed by atoms with Gasteiger partial charge in [-0.2, -0.15) is 0 Å². The second kappa shape index (κ2) is 7.93. The zero-order chi connectivity index (χ0) is 16.9. The Kier molecular flexibility index (Phi) is 6.18. The molecular weight excluding hydrogens is 312 g/mol. The Bertz CT molecular complexity index is 626. The summed E-state index contributed by atoms with van der Waals surface area (Å²) in [6.45, 7) is 4.58. The summed E-state index contributed by atoms with van der Waals surface area (Å²) in [5, 5.41) is 3.01. The third-order valence-electron chi connectivity index (χ3n) is 4.39. The number of sulfone groups is 1. The number of rotatable bonds is 6. The zero-order valence-corrected chi connectivity index (χ0v) is 14.7. The van der Waals surface area contributed by atoms with E-state index in [1.807, 2.05) is 12.1 Å². The van der Waals surface area contributed by atoms with Gasteiger partial charge in [0.15, 0.2) is 9.84 Å². The van der Waals surface area contributed by atoms with Crippen molar-refractivity contribution in [2.45, 2.75) is 43.5 Å². The lowest BCUT2D eigenvalue weighted by molar-refractivity contribution is -0.127. The van der Waals surface area contributed by atoms with E-state index in [9.17, 15) is 13.2 Å². The van der Waals surface area contributed by atoms with Crippen LogP contribution < -0.4 is 5.32 Å². The third kappa shape index (κ3) is 5.04. The first-order valence-electron chi connectivity index (χ1n) is 8.22. The highest BCUT2D eigenvalue weighted by Crippen LogP contribution is 2.16. The molecule has 1 amide bonds. The molecule has 1 fully saturated rings. The van der Waals surface area contributed by atoms with Gasteiger partial charge >= 0.3 is 0 Å². The number of hydrogen-bond acceptors (Lipinski definition) is 4. The quantitative estimate of drug-likeness (QED) is 0.856. The van der Waals surface area contributed by atoms with Gasteiger partial charge in [-0.15, -0.1) is 0 Å². The summed E-state index contributed by atoms with van der Waals surface area (Å²) >= 11 is 0. The van der Waals surface area contributed by atoms with Gasteiger partial charge in [0.2, 0.25) is 5.91 Å². The highest BCUT2D eigenvalue weighted by atomic mass is 32.2. The normalized spacial score (nSPS) is 19.5. The lowest BCUT2D eigenvalue weighted by Crippen LogP contribution is -2.49. The predicted molar refractivity (Wildman–Crippen MR) is 91.2 cm³/mol. The molecule has 6 heteroatoms. The molecular formula is C17H26N2O3S. The first-order valence-corrected chi connectivity index (χ1v) is 10.1. The smallest absolute Gasteiger partial charge is 0.237 e. The summed E-state index contributed by atoms with van der Waals surface area (Å²) in [7, 11) is -3.15. The van der Waals surface area contributed by atoms with Crippen molar-refractivity contribution in [1.82, 2.24) is 10.2 Å². The average Bonchev–Trinajstić information content (AvgIpc) is 2.54. The highest BCUT2D eigenvalue weighted by Gasteiger charge is 2.26. The van der Waals surface area contributed by atoms with E-state index in [-0.39, 0.29) is 11.9 Å². The van der Waals surface area contributed by atoms with Gasteiger partial charge in [0.1, 0.15) is 0 Å². The van der Waals surface area contributed by atoms with Crippen LogP contribution in [0.1, 0.15) is 31.7 Å². The molecule has 0 spiro atoms. The van der Waals surface area contributed by atoms with Gasteiger partial charge in [-0.1, -0.05) is 25.5 Å². The minimum Gasteiger partial charge on any atom is -0.354 e. The van der Waals surface area contributed by atoms with Crippen LogP contribution in [0.5, 0.6) is 0 Å². The molecule has 0 radical (unpaired) electrons. The van der Waals surface area contributed by atoms with Crippen LogP contribution in [0.4, 0.5) is 0 Å². The Hall–Kier alpha value is -1.40. The molecule has 0 aliphatic carbocycles. The van der Waals surface area contributed by atoms with E-state index in [0.717, 1.165) is 31.5 Å². The van der Waals surface area contributed by atoms with E-state index in [1.54, 1.807) is 12.1 Å². The molecule has 0 aromatic heterocycles. The van der Waals surface area contributed by atoms with Gasteiger partial charge in [0, 0.05) is 12.8 Å². The predicted octanol–water partition coefficient (Wildman–Crippen LogP) is 1.62. The van der Waals surface area contributed by atoms with Crippen molar-refractivity contribution < 1.29 is 13.2 Å². The number of likely N-dealkylation sites (N-methyl/N-ethyl adjacent to an activating group) is 1. The van der Waals surface area contributed by atoms with Crippen LogP contribution in [0.3, 0.4) is 0 Å². The Morgan fingerprint density at radius 2 is 1.96 bits per heavy atom. The number of carbonyl (C=O) groups excluding carboxylic acids is 1. The van der Waals surface area contributed by atoms with Crippen molar-refractivity contribution in [2.75, 3.05) is 25.9 Å². The summed E-state index contributed by atoms with van der Waals surface area (Å²) < 4.78 is 22.8. The minimum absolute atomic E-state index is 0.00126. The molecule has 1 saturated heterocycles. The van der Waals surface area contributed by atoms with E-state index in [0.29, 0.717) is 17.9 Å². The first-order chi connectivity index (χ1) is 10.9. The lowest BCUT2D eigenvalue weighted by Gasteiger charge is -2.33.